The van der Waals surface area contributed by atoms with Crippen LogP contribution in [0, 0.1) is 0 Å². The molecule has 2 aromatic carbocycles. The van der Waals surface area contributed by atoms with Crippen molar-refractivity contribution in [2.24, 2.45) is 0 Å². The van der Waals surface area contributed by atoms with Gasteiger partial charge < -0.3 is 19.5 Å². The van der Waals surface area contributed by atoms with Crippen LogP contribution in [-0.4, -0.2) is 32.2 Å². The van der Waals surface area contributed by atoms with Crippen molar-refractivity contribution < 1.29 is 23.8 Å². The molecule has 0 aliphatic rings. The first-order valence-corrected chi connectivity index (χ1v) is 10.8. The van der Waals surface area contributed by atoms with Crippen molar-refractivity contribution in [1.29, 1.82) is 0 Å². The van der Waals surface area contributed by atoms with E-state index in [-0.39, 0.29) is 19.1 Å². The largest absolute Gasteiger partial charge is 0.497 e. The van der Waals surface area contributed by atoms with E-state index < -0.39 is 5.97 Å². The van der Waals surface area contributed by atoms with Crippen molar-refractivity contribution in [1.82, 2.24) is 0 Å². The normalized spacial score (nSPS) is 10.4. The van der Waals surface area contributed by atoms with E-state index in [9.17, 15) is 9.59 Å². The fraction of sp³-hybridized carbons (Fsp3) is 0.182. The number of halogens is 1. The number of carbonyl (C=O) groups is 2. The second kappa shape index (κ2) is 10.3. The summed E-state index contributed by atoms with van der Waals surface area (Å²) in [7, 11) is 1.59. The van der Waals surface area contributed by atoms with Crippen molar-refractivity contribution >= 4 is 44.1 Å². The highest BCUT2D eigenvalue weighted by Gasteiger charge is 2.23. The molecule has 3 aromatic rings. The number of anilines is 1. The summed E-state index contributed by atoms with van der Waals surface area (Å²) in [5.74, 6) is 0.413. The summed E-state index contributed by atoms with van der Waals surface area (Å²) >= 11 is 4.62. The van der Waals surface area contributed by atoms with Gasteiger partial charge in [-0.15, -0.1) is 11.3 Å². The van der Waals surface area contributed by atoms with Crippen LogP contribution in [0.4, 0.5) is 5.00 Å². The summed E-state index contributed by atoms with van der Waals surface area (Å²) in [4.78, 5) is 25.0. The van der Waals surface area contributed by atoms with E-state index in [1.165, 1.54) is 11.3 Å². The monoisotopic (exact) mass is 489 g/mol. The van der Waals surface area contributed by atoms with E-state index in [4.69, 9.17) is 14.2 Å². The summed E-state index contributed by atoms with van der Waals surface area (Å²) in [6.45, 7) is 1.78. The van der Waals surface area contributed by atoms with Crippen LogP contribution < -0.4 is 14.8 Å². The molecule has 0 atom stereocenters. The van der Waals surface area contributed by atoms with Crippen molar-refractivity contribution in [3.63, 3.8) is 0 Å². The molecular formula is C22H20BrNO5S. The minimum absolute atomic E-state index is 0.186. The summed E-state index contributed by atoms with van der Waals surface area (Å²) in [5.41, 5.74) is 1.83. The SMILES string of the molecule is CCOC(=O)c1c(-c2ccc(OC)cc2)csc1NC(=O)COc1cccc(Br)c1. The van der Waals surface area contributed by atoms with Crippen molar-refractivity contribution in [3.8, 4) is 22.6 Å². The number of amides is 1. The number of hydrogen-bond donors (Lipinski definition) is 1. The molecule has 1 heterocycles. The lowest BCUT2D eigenvalue weighted by Gasteiger charge is -2.10. The van der Waals surface area contributed by atoms with Crippen LogP contribution in [0.1, 0.15) is 17.3 Å². The van der Waals surface area contributed by atoms with Crippen LogP contribution in [0.5, 0.6) is 11.5 Å². The van der Waals surface area contributed by atoms with Gasteiger partial charge in [-0.2, -0.15) is 0 Å². The molecule has 6 nitrogen and oxygen atoms in total. The number of hydrogen-bond acceptors (Lipinski definition) is 6. The Balaban J connectivity index is 1.80. The molecule has 156 valence electrons. The molecule has 0 saturated carbocycles. The number of methoxy groups -OCH3 is 1. The number of esters is 1. The first-order valence-electron chi connectivity index (χ1n) is 9.13. The zero-order valence-corrected chi connectivity index (χ0v) is 18.8. The van der Waals surface area contributed by atoms with Gasteiger partial charge in [0, 0.05) is 15.4 Å². The van der Waals surface area contributed by atoms with E-state index in [0.717, 1.165) is 10.0 Å². The molecule has 3 rings (SSSR count). The molecule has 0 spiro atoms. The van der Waals surface area contributed by atoms with Gasteiger partial charge in [-0.05, 0) is 42.8 Å². The Morgan fingerprint density at radius 2 is 1.87 bits per heavy atom. The van der Waals surface area contributed by atoms with Gasteiger partial charge >= 0.3 is 5.97 Å². The topological polar surface area (TPSA) is 73.9 Å². The summed E-state index contributed by atoms with van der Waals surface area (Å²) in [6.07, 6.45) is 0. The zero-order valence-electron chi connectivity index (χ0n) is 16.4. The Morgan fingerprint density at radius 3 is 2.53 bits per heavy atom. The van der Waals surface area contributed by atoms with Gasteiger partial charge in [-0.3, -0.25) is 4.79 Å². The molecule has 0 aliphatic carbocycles. The minimum atomic E-state index is -0.493. The number of rotatable bonds is 8. The molecule has 0 unspecified atom stereocenters. The molecule has 0 radical (unpaired) electrons. The molecule has 0 saturated heterocycles. The van der Waals surface area contributed by atoms with E-state index in [2.05, 4.69) is 21.2 Å². The molecule has 0 aliphatic heterocycles. The van der Waals surface area contributed by atoms with Crippen LogP contribution >= 0.6 is 27.3 Å². The van der Waals surface area contributed by atoms with E-state index in [0.29, 0.717) is 27.6 Å². The third-order valence-electron chi connectivity index (χ3n) is 4.09. The van der Waals surface area contributed by atoms with Gasteiger partial charge in [0.25, 0.3) is 5.91 Å². The maximum absolute atomic E-state index is 12.6. The highest BCUT2D eigenvalue weighted by Crippen LogP contribution is 2.36. The number of nitrogens with one attached hydrogen (secondary N) is 1. The average Bonchev–Trinajstić information content (AvgIpc) is 3.16. The Hall–Kier alpha value is -2.84. The third kappa shape index (κ3) is 5.40. The minimum Gasteiger partial charge on any atom is -0.497 e. The van der Waals surface area contributed by atoms with Crippen LogP contribution in [0.2, 0.25) is 0 Å². The predicted octanol–water partition coefficient (Wildman–Crippen LogP) is 5.38. The summed E-state index contributed by atoms with van der Waals surface area (Å²) < 4.78 is 16.8. The highest BCUT2D eigenvalue weighted by atomic mass is 79.9. The van der Waals surface area contributed by atoms with Crippen molar-refractivity contribution in [2.45, 2.75) is 6.92 Å². The standard InChI is InChI=1S/C22H20BrNO5S/c1-3-28-22(26)20-18(14-7-9-16(27-2)10-8-14)13-30-21(20)24-19(25)12-29-17-6-4-5-15(23)11-17/h4-11,13H,3,12H2,1-2H3,(H,24,25). The van der Waals surface area contributed by atoms with E-state index in [1.807, 2.05) is 41.8 Å². The van der Waals surface area contributed by atoms with Crippen LogP contribution in [0.25, 0.3) is 11.1 Å². The number of ether oxygens (including phenoxy) is 3. The first-order chi connectivity index (χ1) is 14.5. The van der Waals surface area contributed by atoms with E-state index in [1.54, 1.807) is 26.2 Å². The van der Waals surface area contributed by atoms with Gasteiger partial charge in [0.05, 0.1) is 13.7 Å². The van der Waals surface area contributed by atoms with Gasteiger partial charge in [0.1, 0.15) is 22.1 Å². The highest BCUT2D eigenvalue weighted by molar-refractivity contribution is 9.10. The van der Waals surface area contributed by atoms with Gasteiger partial charge in [-0.25, -0.2) is 4.79 Å². The first kappa shape index (κ1) is 21.9. The van der Waals surface area contributed by atoms with Gasteiger partial charge in [0.2, 0.25) is 0 Å². The third-order valence-corrected chi connectivity index (χ3v) is 5.48. The predicted molar refractivity (Wildman–Crippen MR) is 121 cm³/mol. The number of thiophene rings is 1. The molecule has 30 heavy (non-hydrogen) atoms. The molecule has 8 heteroatoms. The van der Waals surface area contributed by atoms with Crippen LogP contribution in [0.3, 0.4) is 0 Å². The average molecular weight is 490 g/mol. The Morgan fingerprint density at radius 1 is 1.10 bits per heavy atom. The number of carbonyl (C=O) groups excluding carboxylic acids is 2. The Bertz CT molecular complexity index is 1030. The summed E-state index contributed by atoms with van der Waals surface area (Å²) in [6, 6.07) is 14.5. The van der Waals surface area contributed by atoms with Crippen LogP contribution in [0.15, 0.2) is 58.4 Å². The van der Waals surface area contributed by atoms with Crippen molar-refractivity contribution in [2.75, 3.05) is 25.6 Å². The van der Waals surface area contributed by atoms with Crippen molar-refractivity contribution in [3.05, 3.63) is 63.9 Å². The quantitative estimate of drug-likeness (QED) is 0.430. The lowest BCUT2D eigenvalue weighted by Crippen LogP contribution is -2.21. The molecule has 0 fully saturated rings. The molecule has 1 aromatic heterocycles. The second-order valence-corrected chi connectivity index (χ2v) is 7.89. The van der Waals surface area contributed by atoms with Crippen LogP contribution in [-0.2, 0) is 9.53 Å². The maximum Gasteiger partial charge on any atom is 0.341 e. The summed E-state index contributed by atoms with van der Waals surface area (Å²) in [5, 5.41) is 5.00. The van der Waals surface area contributed by atoms with Gasteiger partial charge in [-0.1, -0.05) is 34.1 Å². The molecular weight excluding hydrogens is 470 g/mol. The Kier molecular flexibility index (Phi) is 7.48. The smallest absolute Gasteiger partial charge is 0.341 e. The fourth-order valence-electron chi connectivity index (χ4n) is 2.71. The van der Waals surface area contributed by atoms with E-state index >= 15 is 0 Å². The lowest BCUT2D eigenvalue weighted by atomic mass is 10.0. The molecule has 1 N–H and O–H groups in total. The zero-order chi connectivity index (χ0) is 21.5. The second-order valence-electron chi connectivity index (χ2n) is 6.10. The van der Waals surface area contributed by atoms with Gasteiger partial charge in [0.15, 0.2) is 6.61 Å². The lowest BCUT2D eigenvalue weighted by molar-refractivity contribution is -0.118. The number of benzene rings is 2. The Labute approximate surface area is 186 Å². The fourth-order valence-corrected chi connectivity index (χ4v) is 4.06. The molecule has 0 bridgehead atoms. The maximum atomic E-state index is 12.6. The molecule has 1 amide bonds.